The van der Waals surface area contributed by atoms with E-state index in [1.54, 1.807) is 11.3 Å². The molecule has 6 heteroatoms. The number of hydrogen-bond acceptors (Lipinski definition) is 5. The van der Waals surface area contributed by atoms with Crippen molar-refractivity contribution in [3.05, 3.63) is 22.3 Å². The summed E-state index contributed by atoms with van der Waals surface area (Å²) in [4.78, 5) is 4.21. The van der Waals surface area contributed by atoms with E-state index in [1.165, 1.54) is 0 Å². The largest absolute Gasteiger partial charge is 0.394 e. The Bertz CT molecular complexity index is 460. The number of nitrogens with two attached hydrogens (primary N) is 1. The molecule has 0 saturated heterocycles. The first-order valence-electron chi connectivity index (χ1n) is 5.16. The third-order valence-electron chi connectivity index (χ3n) is 2.39. The third-order valence-corrected chi connectivity index (χ3v) is 3.03. The molecule has 0 fully saturated rings. The number of nitrogens with one attached hydrogen (secondary N) is 1. The minimum atomic E-state index is 0.679. The zero-order chi connectivity index (χ0) is 11.5. The molecular formula is C10H15N5S. The zero-order valence-electron chi connectivity index (χ0n) is 9.40. The van der Waals surface area contributed by atoms with Crippen molar-refractivity contribution in [3.8, 4) is 0 Å². The molecule has 3 N–H and O–H groups in total. The monoisotopic (exact) mass is 237 g/mol. The predicted molar refractivity (Wildman–Crippen MR) is 66.5 cm³/mol. The maximum Gasteiger partial charge on any atom is 0.148 e. The molecule has 16 heavy (non-hydrogen) atoms. The van der Waals surface area contributed by atoms with Gasteiger partial charge in [-0.05, 0) is 13.8 Å². The molecule has 0 aliphatic rings. The fraction of sp³-hybridized carbons (Fsp3) is 0.400. The second kappa shape index (κ2) is 4.52. The Hall–Kier alpha value is -1.56. The Kier molecular flexibility index (Phi) is 3.09. The van der Waals surface area contributed by atoms with Gasteiger partial charge in [0, 0.05) is 11.9 Å². The van der Waals surface area contributed by atoms with Crippen LogP contribution in [0, 0.1) is 6.92 Å². The van der Waals surface area contributed by atoms with Crippen molar-refractivity contribution in [3.63, 3.8) is 0 Å². The summed E-state index contributed by atoms with van der Waals surface area (Å²) in [6, 6.07) is 0. The summed E-state index contributed by atoms with van der Waals surface area (Å²) in [5.41, 5.74) is 10.4. The van der Waals surface area contributed by atoms with Crippen molar-refractivity contribution in [2.75, 3.05) is 11.1 Å². The Morgan fingerprint density at radius 1 is 1.56 bits per heavy atom. The van der Waals surface area contributed by atoms with Gasteiger partial charge in [0.25, 0.3) is 0 Å². The van der Waals surface area contributed by atoms with Crippen molar-refractivity contribution in [1.29, 1.82) is 0 Å². The van der Waals surface area contributed by atoms with Crippen LogP contribution < -0.4 is 11.1 Å². The van der Waals surface area contributed by atoms with Crippen LogP contribution in [0.15, 0.2) is 10.9 Å². The van der Waals surface area contributed by atoms with E-state index in [9.17, 15) is 0 Å². The van der Waals surface area contributed by atoms with E-state index in [0.29, 0.717) is 6.54 Å². The topological polar surface area (TPSA) is 68.8 Å². The van der Waals surface area contributed by atoms with Gasteiger partial charge in [0.15, 0.2) is 0 Å². The molecule has 2 aromatic rings. The quantitative estimate of drug-likeness (QED) is 0.851. The van der Waals surface area contributed by atoms with Gasteiger partial charge in [0.1, 0.15) is 5.82 Å². The fourth-order valence-electron chi connectivity index (χ4n) is 1.51. The van der Waals surface area contributed by atoms with Crippen LogP contribution in [0.2, 0.25) is 0 Å². The van der Waals surface area contributed by atoms with E-state index in [1.807, 2.05) is 29.4 Å². The minimum absolute atomic E-state index is 0.679. The molecule has 0 saturated carbocycles. The number of anilines is 2. The molecule has 0 unspecified atom stereocenters. The average Bonchev–Trinajstić information content (AvgIpc) is 2.87. The van der Waals surface area contributed by atoms with Gasteiger partial charge in [-0.25, -0.2) is 9.67 Å². The molecule has 0 aromatic carbocycles. The minimum Gasteiger partial charge on any atom is -0.394 e. The molecule has 0 aliphatic heterocycles. The van der Waals surface area contributed by atoms with Gasteiger partial charge < -0.3 is 11.1 Å². The molecule has 2 heterocycles. The van der Waals surface area contributed by atoms with Crippen LogP contribution in [0.3, 0.4) is 0 Å². The molecule has 0 atom stereocenters. The summed E-state index contributed by atoms with van der Waals surface area (Å²) in [6.45, 7) is 5.44. The van der Waals surface area contributed by atoms with Gasteiger partial charge >= 0.3 is 0 Å². The average molecular weight is 237 g/mol. The fourth-order valence-corrected chi connectivity index (χ4v) is 2.07. The second-order valence-corrected chi connectivity index (χ2v) is 4.22. The van der Waals surface area contributed by atoms with Crippen LogP contribution in [0.4, 0.5) is 11.5 Å². The van der Waals surface area contributed by atoms with E-state index < -0.39 is 0 Å². The van der Waals surface area contributed by atoms with Crippen molar-refractivity contribution >= 4 is 22.8 Å². The van der Waals surface area contributed by atoms with Crippen LogP contribution in [0.5, 0.6) is 0 Å². The summed E-state index contributed by atoms with van der Waals surface area (Å²) in [7, 11) is 0. The van der Waals surface area contributed by atoms with E-state index in [-0.39, 0.29) is 0 Å². The number of aryl methyl sites for hydroxylation is 2. The van der Waals surface area contributed by atoms with Crippen LogP contribution >= 0.6 is 11.3 Å². The maximum absolute atomic E-state index is 5.95. The lowest BCUT2D eigenvalue weighted by Crippen LogP contribution is -2.08. The van der Waals surface area contributed by atoms with Crippen molar-refractivity contribution in [2.45, 2.75) is 26.9 Å². The summed E-state index contributed by atoms with van der Waals surface area (Å²) in [5.74, 6) is 0.882. The highest BCUT2D eigenvalue weighted by Crippen LogP contribution is 2.22. The molecule has 5 nitrogen and oxygen atoms in total. The summed E-state index contributed by atoms with van der Waals surface area (Å²) in [6.07, 6.45) is 0. The lowest BCUT2D eigenvalue weighted by molar-refractivity contribution is 0.657. The van der Waals surface area contributed by atoms with E-state index >= 15 is 0 Å². The van der Waals surface area contributed by atoms with Crippen molar-refractivity contribution in [2.24, 2.45) is 0 Å². The smallest absolute Gasteiger partial charge is 0.148 e. The molecule has 0 bridgehead atoms. The Morgan fingerprint density at radius 3 is 3.00 bits per heavy atom. The number of hydrogen-bond donors (Lipinski definition) is 2. The number of nitrogens with zero attached hydrogens (tertiary/aromatic N) is 3. The summed E-state index contributed by atoms with van der Waals surface area (Å²) in [5, 5.41) is 9.63. The van der Waals surface area contributed by atoms with Crippen LogP contribution in [0.1, 0.15) is 18.3 Å². The van der Waals surface area contributed by atoms with Crippen LogP contribution in [-0.2, 0) is 13.1 Å². The molecular weight excluding hydrogens is 222 g/mol. The standard InChI is InChI=1S/C10H15N5S/c1-3-15-10(9(11)7(2)14-15)12-4-8-5-16-6-13-8/h5-6,12H,3-4,11H2,1-2H3. The first-order chi connectivity index (χ1) is 7.72. The van der Waals surface area contributed by atoms with Gasteiger partial charge in [-0.3, -0.25) is 0 Å². The zero-order valence-corrected chi connectivity index (χ0v) is 10.2. The molecule has 2 rings (SSSR count). The van der Waals surface area contributed by atoms with Gasteiger partial charge in [-0.15, -0.1) is 11.3 Å². The molecule has 0 amide bonds. The van der Waals surface area contributed by atoms with Crippen molar-refractivity contribution < 1.29 is 0 Å². The van der Waals surface area contributed by atoms with E-state index in [0.717, 1.165) is 29.4 Å². The number of nitrogen functional groups attached to an aromatic ring is 1. The summed E-state index contributed by atoms with van der Waals surface area (Å²) >= 11 is 1.59. The highest BCUT2D eigenvalue weighted by atomic mass is 32.1. The first kappa shape index (κ1) is 10.9. The van der Waals surface area contributed by atoms with Gasteiger partial charge in [-0.2, -0.15) is 5.10 Å². The normalized spacial score (nSPS) is 10.6. The van der Waals surface area contributed by atoms with Gasteiger partial charge in [0.05, 0.1) is 29.1 Å². The predicted octanol–water partition coefficient (Wildman–Crippen LogP) is 1.86. The highest BCUT2D eigenvalue weighted by molar-refractivity contribution is 7.07. The maximum atomic E-state index is 5.95. The number of thiazole rings is 1. The Labute approximate surface area is 98.3 Å². The first-order valence-corrected chi connectivity index (χ1v) is 6.10. The van der Waals surface area contributed by atoms with E-state index in [4.69, 9.17) is 5.73 Å². The van der Waals surface area contributed by atoms with E-state index in [2.05, 4.69) is 15.4 Å². The third kappa shape index (κ3) is 2.01. The Balaban J connectivity index is 2.14. The van der Waals surface area contributed by atoms with Crippen LogP contribution in [-0.4, -0.2) is 14.8 Å². The summed E-state index contributed by atoms with van der Waals surface area (Å²) < 4.78 is 1.87. The highest BCUT2D eigenvalue weighted by Gasteiger charge is 2.10. The number of aromatic nitrogens is 3. The number of rotatable bonds is 4. The SMILES string of the molecule is CCn1nc(C)c(N)c1NCc1cscn1. The lowest BCUT2D eigenvalue weighted by atomic mass is 10.4. The molecule has 0 radical (unpaired) electrons. The second-order valence-electron chi connectivity index (χ2n) is 3.50. The molecule has 0 aliphatic carbocycles. The lowest BCUT2D eigenvalue weighted by Gasteiger charge is -2.07. The molecule has 86 valence electrons. The van der Waals surface area contributed by atoms with Crippen molar-refractivity contribution in [1.82, 2.24) is 14.8 Å². The molecule has 0 spiro atoms. The molecule has 2 aromatic heterocycles. The van der Waals surface area contributed by atoms with Crippen LogP contribution in [0.25, 0.3) is 0 Å². The van der Waals surface area contributed by atoms with Gasteiger partial charge in [-0.1, -0.05) is 0 Å². The van der Waals surface area contributed by atoms with Gasteiger partial charge in [0.2, 0.25) is 0 Å². The Morgan fingerprint density at radius 2 is 2.38 bits per heavy atom.